The summed E-state index contributed by atoms with van der Waals surface area (Å²) in [6.45, 7) is 2.40. The molecule has 15 heteroatoms. The summed E-state index contributed by atoms with van der Waals surface area (Å²) in [7, 11) is 0. The largest absolute Gasteiger partial charge is 0.462 e. The van der Waals surface area contributed by atoms with Gasteiger partial charge in [0.15, 0.2) is 18.7 Å². The first kappa shape index (κ1) is 67.1. The molecule has 2 fully saturated rings. The predicted octanol–water partition coefficient (Wildman–Crippen LogP) is 9.38. The lowest BCUT2D eigenvalue weighted by Gasteiger charge is -2.42. The van der Waals surface area contributed by atoms with E-state index in [2.05, 4.69) is 86.8 Å². The van der Waals surface area contributed by atoms with Gasteiger partial charge < -0.3 is 64.2 Å². The Labute approximate surface area is 444 Å². The molecule has 2 aliphatic rings. The van der Waals surface area contributed by atoms with Crippen LogP contribution in [0.4, 0.5) is 0 Å². The molecule has 2 heterocycles. The molecule has 15 nitrogen and oxygen atoms in total. The fourth-order valence-electron chi connectivity index (χ4n) is 8.52. The molecule has 4 unspecified atom stereocenters. The number of carbonyl (C=O) groups excluding carboxylic acids is 2. The molecular formula is C59H100O15. The van der Waals surface area contributed by atoms with E-state index >= 15 is 0 Å². The van der Waals surface area contributed by atoms with E-state index in [4.69, 9.17) is 28.4 Å². The molecule has 0 radical (unpaired) electrons. The van der Waals surface area contributed by atoms with E-state index in [1.165, 1.54) is 89.9 Å². The Morgan fingerprint density at radius 3 is 1.43 bits per heavy atom. The number of ether oxygens (including phenoxy) is 6. The molecule has 0 saturated carbocycles. The molecule has 426 valence electrons. The maximum absolute atomic E-state index is 13.0. The molecule has 0 aromatic rings. The number of aliphatic hydroxyl groups excluding tert-OH is 7. The summed E-state index contributed by atoms with van der Waals surface area (Å²) < 4.78 is 33.5. The van der Waals surface area contributed by atoms with Gasteiger partial charge in [-0.05, 0) is 83.5 Å². The van der Waals surface area contributed by atoms with E-state index < -0.39 is 99.3 Å². The van der Waals surface area contributed by atoms with Crippen LogP contribution in [0.25, 0.3) is 0 Å². The number of unbranched alkanes of at least 4 members (excludes halogenated alkanes) is 18. The van der Waals surface area contributed by atoms with Crippen LogP contribution in [0.15, 0.2) is 72.9 Å². The number of carbonyl (C=O) groups is 2. The van der Waals surface area contributed by atoms with Gasteiger partial charge in [-0.15, -0.1) is 0 Å². The highest BCUT2D eigenvalue weighted by Crippen LogP contribution is 2.26. The van der Waals surface area contributed by atoms with Crippen molar-refractivity contribution in [2.45, 2.75) is 261 Å². The highest BCUT2D eigenvalue weighted by atomic mass is 16.7. The van der Waals surface area contributed by atoms with Gasteiger partial charge in [0, 0.05) is 12.8 Å². The fraction of sp³-hybridized carbons (Fsp3) is 0.763. The van der Waals surface area contributed by atoms with E-state index in [1.54, 1.807) is 0 Å². The molecule has 2 saturated heterocycles. The third-order valence-electron chi connectivity index (χ3n) is 13.1. The van der Waals surface area contributed by atoms with Crippen LogP contribution < -0.4 is 0 Å². The van der Waals surface area contributed by atoms with Crippen LogP contribution in [0, 0.1) is 0 Å². The summed E-state index contributed by atoms with van der Waals surface area (Å²) in [4.78, 5) is 25.8. The zero-order valence-electron chi connectivity index (χ0n) is 45.3. The Bertz CT molecular complexity index is 1560. The first-order chi connectivity index (χ1) is 36.0. The van der Waals surface area contributed by atoms with Gasteiger partial charge in [-0.1, -0.05) is 170 Å². The maximum Gasteiger partial charge on any atom is 0.306 e. The standard InChI is InChI=1S/C59H100O15/c1-3-5-7-9-11-13-15-17-19-20-21-22-23-24-25-26-28-30-32-34-36-38-40-42-51(62)72-47(44-69-50(61)41-39-37-35-33-31-29-27-18-16-14-12-10-8-6-4-2)45-70-58-57(68)55(66)53(64)49(74-58)46-71-59-56(67)54(65)52(63)48(43-60)73-59/h6,8,12,14,18,26-28,31,33-34,36,47-49,52-60,63-68H,3-5,7,9-11,13,15-17,19-25,29-30,32,35,37-46H2,1-2H3/b8-6+,14-12+,27-18+,28-26+,33-31+,36-34+/t47-,48+,49+,52-,53-,54?,55?,56?,57?,58+,59+/m1/s1. The van der Waals surface area contributed by atoms with E-state index in [9.17, 15) is 45.3 Å². The van der Waals surface area contributed by atoms with Crippen molar-refractivity contribution in [3.63, 3.8) is 0 Å². The molecule has 0 aromatic carbocycles. The van der Waals surface area contributed by atoms with Crippen LogP contribution in [0.5, 0.6) is 0 Å². The van der Waals surface area contributed by atoms with E-state index in [1.807, 2.05) is 0 Å². The minimum absolute atomic E-state index is 0.0933. The van der Waals surface area contributed by atoms with Crippen molar-refractivity contribution in [3.05, 3.63) is 72.9 Å². The van der Waals surface area contributed by atoms with Gasteiger partial charge >= 0.3 is 11.9 Å². The minimum Gasteiger partial charge on any atom is -0.462 e. The second-order valence-electron chi connectivity index (χ2n) is 19.7. The quantitative estimate of drug-likeness (QED) is 0.0171. The second kappa shape index (κ2) is 45.0. The van der Waals surface area contributed by atoms with Crippen LogP contribution in [0.1, 0.15) is 194 Å². The third-order valence-corrected chi connectivity index (χ3v) is 13.1. The molecule has 2 aliphatic heterocycles. The van der Waals surface area contributed by atoms with Crippen molar-refractivity contribution in [2.75, 3.05) is 26.4 Å². The SMILES string of the molecule is CC/C=C/C/C=C/C/C=C/C/C=C/CCCCC(=O)OC[C@H](CO[C@H]1O[C@@H](CO[C@H]2O[C@@H](CO)[C@@H](O)C(O)C2O)[C@@H](O)C(O)C1O)OC(=O)CCC/C=C/CC/C=C/CCCCCCCCCCCCCCCC. The number of rotatable bonds is 44. The Kier molecular flexibility index (Phi) is 40.8. The van der Waals surface area contributed by atoms with E-state index in [-0.39, 0.29) is 19.4 Å². The molecular weight excluding hydrogens is 949 g/mol. The van der Waals surface area contributed by atoms with Gasteiger partial charge in [0.25, 0.3) is 0 Å². The number of esters is 2. The molecule has 74 heavy (non-hydrogen) atoms. The van der Waals surface area contributed by atoms with Crippen molar-refractivity contribution >= 4 is 11.9 Å². The number of hydrogen-bond donors (Lipinski definition) is 7. The van der Waals surface area contributed by atoms with Crippen molar-refractivity contribution in [1.82, 2.24) is 0 Å². The predicted molar refractivity (Wildman–Crippen MR) is 289 cm³/mol. The van der Waals surface area contributed by atoms with Gasteiger partial charge in [0.2, 0.25) is 0 Å². The molecule has 0 bridgehead atoms. The summed E-state index contributed by atoms with van der Waals surface area (Å²) in [6.07, 6.45) is 38.1. The molecule has 0 aliphatic carbocycles. The average molecular weight is 1050 g/mol. The zero-order chi connectivity index (χ0) is 53.9. The second-order valence-corrected chi connectivity index (χ2v) is 19.7. The molecule has 7 N–H and O–H groups in total. The molecule has 0 aromatic heterocycles. The van der Waals surface area contributed by atoms with Crippen LogP contribution in [0.3, 0.4) is 0 Å². The van der Waals surface area contributed by atoms with Crippen LogP contribution in [-0.2, 0) is 38.0 Å². The highest BCUT2D eigenvalue weighted by Gasteiger charge is 2.47. The van der Waals surface area contributed by atoms with Gasteiger partial charge in [-0.2, -0.15) is 0 Å². The van der Waals surface area contributed by atoms with Gasteiger partial charge in [-0.25, -0.2) is 0 Å². The number of aliphatic hydroxyl groups is 7. The molecule has 0 spiro atoms. The minimum atomic E-state index is -1.78. The lowest BCUT2D eigenvalue weighted by atomic mass is 9.98. The van der Waals surface area contributed by atoms with Gasteiger partial charge in [-0.3, -0.25) is 9.59 Å². The third kappa shape index (κ3) is 31.9. The zero-order valence-corrected chi connectivity index (χ0v) is 45.3. The first-order valence-electron chi connectivity index (χ1n) is 28.5. The van der Waals surface area contributed by atoms with E-state index in [0.29, 0.717) is 19.3 Å². The van der Waals surface area contributed by atoms with Crippen molar-refractivity contribution in [2.24, 2.45) is 0 Å². The molecule has 0 amide bonds. The lowest BCUT2D eigenvalue weighted by molar-refractivity contribution is -0.332. The van der Waals surface area contributed by atoms with Crippen LogP contribution in [0.2, 0.25) is 0 Å². The van der Waals surface area contributed by atoms with Crippen molar-refractivity contribution in [3.8, 4) is 0 Å². The summed E-state index contributed by atoms with van der Waals surface area (Å²) in [5.74, 6) is -1.03. The smallest absolute Gasteiger partial charge is 0.306 e. The Balaban J connectivity index is 1.78. The summed E-state index contributed by atoms with van der Waals surface area (Å²) >= 11 is 0. The molecule has 2 rings (SSSR count). The Morgan fingerprint density at radius 1 is 0.446 bits per heavy atom. The van der Waals surface area contributed by atoms with Crippen molar-refractivity contribution < 1.29 is 73.8 Å². The Morgan fingerprint density at radius 2 is 0.878 bits per heavy atom. The fourth-order valence-corrected chi connectivity index (χ4v) is 8.52. The summed E-state index contributed by atoms with van der Waals surface area (Å²) in [5.41, 5.74) is 0. The van der Waals surface area contributed by atoms with Gasteiger partial charge in [0.1, 0.15) is 55.4 Å². The van der Waals surface area contributed by atoms with E-state index in [0.717, 1.165) is 57.8 Å². The van der Waals surface area contributed by atoms with Crippen molar-refractivity contribution in [1.29, 1.82) is 0 Å². The average Bonchev–Trinajstić information content (AvgIpc) is 3.39. The first-order valence-corrected chi connectivity index (χ1v) is 28.5. The summed E-state index contributed by atoms with van der Waals surface area (Å²) in [5, 5.41) is 72.2. The lowest BCUT2D eigenvalue weighted by Crippen LogP contribution is -2.61. The monoisotopic (exact) mass is 1050 g/mol. The number of hydrogen-bond acceptors (Lipinski definition) is 15. The van der Waals surface area contributed by atoms with Gasteiger partial charge in [0.05, 0.1) is 19.8 Å². The topological polar surface area (TPSA) is 231 Å². The molecule has 11 atom stereocenters. The Hall–Kier alpha value is -3.06. The highest BCUT2D eigenvalue weighted by molar-refractivity contribution is 5.70. The number of allylic oxidation sites excluding steroid dienone is 12. The normalized spacial score (nSPS) is 25.2. The summed E-state index contributed by atoms with van der Waals surface area (Å²) in [6, 6.07) is 0. The van der Waals surface area contributed by atoms with Crippen LogP contribution >= 0.6 is 0 Å². The maximum atomic E-state index is 13.0. The van der Waals surface area contributed by atoms with Crippen LogP contribution in [-0.4, -0.2) is 142 Å².